The number of ether oxygens (including phenoxy) is 1. The third-order valence-electron chi connectivity index (χ3n) is 5.43. The Balaban J connectivity index is 1.35. The molecule has 31 heavy (non-hydrogen) atoms. The smallest absolute Gasteiger partial charge is 0.286 e. The quantitative estimate of drug-likeness (QED) is 0.641. The Morgan fingerprint density at radius 3 is 2.90 bits per heavy atom. The maximum Gasteiger partial charge on any atom is 0.286 e. The van der Waals surface area contributed by atoms with Crippen LogP contribution in [0.3, 0.4) is 0 Å². The van der Waals surface area contributed by atoms with Gasteiger partial charge in [0.25, 0.3) is 5.91 Å². The van der Waals surface area contributed by atoms with E-state index in [2.05, 4.69) is 35.6 Å². The van der Waals surface area contributed by atoms with Gasteiger partial charge < -0.3 is 25.2 Å². The Morgan fingerprint density at radius 1 is 1.16 bits per heavy atom. The van der Waals surface area contributed by atoms with Crippen LogP contribution in [0, 0.1) is 0 Å². The van der Waals surface area contributed by atoms with Crippen molar-refractivity contribution in [1.29, 1.82) is 0 Å². The fourth-order valence-corrected chi connectivity index (χ4v) is 4.50. The number of aromatic nitrogens is 3. The number of carbonyl (C=O) groups is 1. The highest BCUT2D eigenvalue weighted by atomic mass is 32.1. The van der Waals surface area contributed by atoms with Gasteiger partial charge in [-0.2, -0.15) is 0 Å². The number of fused-ring (bicyclic) bond motifs is 1. The number of benzene rings is 1. The third-order valence-corrected chi connectivity index (χ3v) is 6.40. The first-order valence-electron chi connectivity index (χ1n) is 10.2. The molecule has 10 heteroatoms. The van der Waals surface area contributed by atoms with Crippen LogP contribution in [0.5, 0.6) is 5.75 Å². The van der Waals surface area contributed by atoms with E-state index >= 15 is 0 Å². The van der Waals surface area contributed by atoms with Crippen LogP contribution in [-0.4, -0.2) is 67.5 Å². The van der Waals surface area contributed by atoms with Crippen molar-refractivity contribution in [2.45, 2.75) is 0 Å². The molecule has 4 heterocycles. The fraction of sp³-hybridized carbons (Fsp3) is 0.333. The zero-order chi connectivity index (χ0) is 21.2. The molecule has 2 N–H and O–H groups in total. The lowest BCUT2D eigenvalue weighted by molar-refractivity contribution is 0.102. The van der Waals surface area contributed by atoms with Crippen LogP contribution in [0.4, 0.5) is 17.1 Å². The summed E-state index contributed by atoms with van der Waals surface area (Å²) in [6.07, 6.45) is 3.42. The van der Waals surface area contributed by atoms with Gasteiger partial charge in [-0.25, -0.2) is 0 Å². The first-order chi connectivity index (χ1) is 15.2. The number of piperazine rings is 1. The van der Waals surface area contributed by atoms with Crippen molar-refractivity contribution >= 4 is 34.3 Å². The highest BCUT2D eigenvalue weighted by molar-refractivity contribution is 7.16. The molecule has 9 nitrogen and oxygen atoms in total. The van der Waals surface area contributed by atoms with E-state index in [1.807, 2.05) is 31.3 Å². The zero-order valence-electron chi connectivity index (χ0n) is 17.2. The summed E-state index contributed by atoms with van der Waals surface area (Å²) in [5.74, 6) is 0.533. The number of nitrogens with one attached hydrogen (secondary N) is 2. The van der Waals surface area contributed by atoms with Gasteiger partial charge in [0.15, 0.2) is 0 Å². The fourth-order valence-electron chi connectivity index (χ4n) is 3.76. The summed E-state index contributed by atoms with van der Waals surface area (Å²) in [5, 5.41) is 15.6. The first kappa shape index (κ1) is 19.7. The Kier molecular flexibility index (Phi) is 5.39. The van der Waals surface area contributed by atoms with Gasteiger partial charge in [0.05, 0.1) is 29.8 Å². The molecule has 3 aromatic rings. The van der Waals surface area contributed by atoms with Crippen molar-refractivity contribution in [3.63, 3.8) is 0 Å². The zero-order valence-corrected chi connectivity index (χ0v) is 18.0. The molecule has 2 aromatic heterocycles. The van der Waals surface area contributed by atoms with Crippen molar-refractivity contribution in [2.75, 3.05) is 61.5 Å². The molecular formula is C21H23N7O2S. The van der Waals surface area contributed by atoms with E-state index in [-0.39, 0.29) is 5.91 Å². The number of carbonyl (C=O) groups excluding carboxylic acids is 1. The number of anilines is 3. The molecule has 0 unspecified atom stereocenters. The second kappa shape index (κ2) is 8.48. The van der Waals surface area contributed by atoms with Gasteiger partial charge >= 0.3 is 0 Å². The summed E-state index contributed by atoms with van der Waals surface area (Å²) in [6, 6.07) is 7.88. The van der Waals surface area contributed by atoms with E-state index in [0.717, 1.165) is 55.4 Å². The summed E-state index contributed by atoms with van der Waals surface area (Å²) in [6.45, 7) is 5.10. The molecule has 1 amide bonds. The predicted octanol–water partition coefficient (Wildman–Crippen LogP) is 2.09. The Morgan fingerprint density at radius 2 is 2.03 bits per heavy atom. The van der Waals surface area contributed by atoms with Crippen LogP contribution in [0.15, 0.2) is 36.7 Å². The minimum atomic E-state index is -0.290. The molecule has 0 bridgehead atoms. The first-order valence-corrected chi connectivity index (χ1v) is 11.0. The molecule has 0 saturated carbocycles. The predicted molar refractivity (Wildman–Crippen MR) is 121 cm³/mol. The highest BCUT2D eigenvalue weighted by Crippen LogP contribution is 2.36. The van der Waals surface area contributed by atoms with Crippen molar-refractivity contribution in [3.8, 4) is 16.3 Å². The minimum absolute atomic E-state index is 0.290. The standard InChI is InChI=1S/C21H23N7O2S/c1-27-10-11-30-18-12-14(2-3-17(18)27)20-25-26-21(31-20)19(29)24-15-13-23-5-4-16(15)28-8-6-22-7-9-28/h2-5,12-13,22H,6-11H2,1H3,(H,24,29). The topological polar surface area (TPSA) is 95.5 Å². The molecule has 1 aromatic carbocycles. The summed E-state index contributed by atoms with van der Waals surface area (Å²) >= 11 is 1.26. The van der Waals surface area contributed by atoms with Crippen LogP contribution in [0.25, 0.3) is 10.6 Å². The van der Waals surface area contributed by atoms with Crippen LogP contribution >= 0.6 is 11.3 Å². The second-order valence-corrected chi connectivity index (χ2v) is 8.43. The Bertz CT molecular complexity index is 1100. The van der Waals surface area contributed by atoms with Gasteiger partial charge in [-0.15, -0.1) is 10.2 Å². The molecular weight excluding hydrogens is 414 g/mol. The van der Waals surface area contributed by atoms with Gasteiger partial charge in [0, 0.05) is 45.0 Å². The maximum absolute atomic E-state index is 12.9. The average Bonchev–Trinajstić information content (AvgIpc) is 3.31. The molecule has 1 saturated heterocycles. The van der Waals surface area contributed by atoms with E-state index < -0.39 is 0 Å². The normalized spacial score (nSPS) is 15.9. The lowest BCUT2D eigenvalue weighted by atomic mass is 10.1. The molecule has 0 spiro atoms. The van der Waals surface area contributed by atoms with Gasteiger partial charge in [-0.3, -0.25) is 9.78 Å². The number of pyridine rings is 1. The van der Waals surface area contributed by atoms with Gasteiger partial charge in [-0.05, 0) is 24.3 Å². The third kappa shape index (κ3) is 4.04. The number of hydrogen-bond acceptors (Lipinski definition) is 9. The molecule has 160 valence electrons. The van der Waals surface area contributed by atoms with Crippen LogP contribution in [0.2, 0.25) is 0 Å². The number of amides is 1. The summed E-state index contributed by atoms with van der Waals surface area (Å²) < 4.78 is 5.78. The highest BCUT2D eigenvalue weighted by Gasteiger charge is 2.20. The van der Waals surface area contributed by atoms with Crippen LogP contribution in [-0.2, 0) is 0 Å². The number of rotatable bonds is 4. The van der Waals surface area contributed by atoms with E-state index in [4.69, 9.17) is 4.74 Å². The molecule has 2 aliphatic rings. The average molecular weight is 438 g/mol. The lowest BCUT2D eigenvalue weighted by Crippen LogP contribution is -2.43. The summed E-state index contributed by atoms with van der Waals surface area (Å²) in [5.41, 5.74) is 3.57. The molecule has 5 rings (SSSR count). The maximum atomic E-state index is 12.9. The van der Waals surface area contributed by atoms with Crippen molar-refractivity contribution in [2.24, 2.45) is 0 Å². The molecule has 0 aliphatic carbocycles. The van der Waals surface area contributed by atoms with Crippen molar-refractivity contribution in [1.82, 2.24) is 20.5 Å². The summed E-state index contributed by atoms with van der Waals surface area (Å²) in [7, 11) is 2.04. The SMILES string of the molecule is CN1CCOc2cc(-c3nnc(C(=O)Nc4cnccc4N4CCNCC4)s3)ccc21. The number of likely N-dealkylation sites (N-methyl/N-ethyl adjacent to an activating group) is 1. The number of nitrogens with zero attached hydrogens (tertiary/aromatic N) is 5. The largest absolute Gasteiger partial charge is 0.490 e. The minimum Gasteiger partial charge on any atom is -0.490 e. The van der Waals surface area contributed by atoms with Crippen molar-refractivity contribution in [3.05, 3.63) is 41.7 Å². The van der Waals surface area contributed by atoms with Crippen LogP contribution < -0.4 is 25.2 Å². The van der Waals surface area contributed by atoms with E-state index in [1.165, 1.54) is 11.3 Å². The molecule has 0 atom stereocenters. The van der Waals surface area contributed by atoms with Crippen molar-refractivity contribution < 1.29 is 9.53 Å². The van der Waals surface area contributed by atoms with E-state index in [0.29, 0.717) is 22.3 Å². The van der Waals surface area contributed by atoms with E-state index in [1.54, 1.807) is 12.4 Å². The Hall–Kier alpha value is -3.24. The van der Waals surface area contributed by atoms with E-state index in [9.17, 15) is 4.79 Å². The molecule has 0 radical (unpaired) electrons. The molecule has 2 aliphatic heterocycles. The van der Waals surface area contributed by atoms with Crippen LogP contribution in [0.1, 0.15) is 9.80 Å². The summed E-state index contributed by atoms with van der Waals surface area (Å²) in [4.78, 5) is 21.5. The molecule has 1 fully saturated rings. The van der Waals surface area contributed by atoms with Gasteiger partial charge in [-0.1, -0.05) is 11.3 Å². The second-order valence-electron chi connectivity index (χ2n) is 7.45. The van der Waals surface area contributed by atoms with Gasteiger partial charge in [0.2, 0.25) is 5.01 Å². The lowest BCUT2D eigenvalue weighted by Gasteiger charge is -2.30. The monoisotopic (exact) mass is 437 g/mol. The Labute approximate surface area is 184 Å². The van der Waals surface area contributed by atoms with Gasteiger partial charge in [0.1, 0.15) is 17.4 Å². The number of hydrogen-bond donors (Lipinski definition) is 2.